The van der Waals surface area contributed by atoms with Gasteiger partial charge in [-0.2, -0.15) is 0 Å². The topological polar surface area (TPSA) is 37.3 Å². The lowest BCUT2D eigenvalue weighted by Gasteiger charge is -2.10. The van der Waals surface area contributed by atoms with Crippen LogP contribution in [-0.4, -0.2) is 16.8 Å². The molecule has 1 aromatic rings. The van der Waals surface area contributed by atoms with Crippen LogP contribution < -0.4 is 0 Å². The minimum absolute atomic E-state index is 0.386. The molecule has 1 aromatic carbocycles. The molecule has 0 aromatic heterocycles. The lowest BCUT2D eigenvalue weighted by molar-refractivity contribution is 0.0693. The van der Waals surface area contributed by atoms with Gasteiger partial charge in [0.05, 0.1) is 5.56 Å². The van der Waals surface area contributed by atoms with Crippen molar-refractivity contribution >= 4 is 33.7 Å². The molecule has 0 amide bonds. The summed E-state index contributed by atoms with van der Waals surface area (Å²) in [5.74, 6) is 0.692. The van der Waals surface area contributed by atoms with Crippen LogP contribution in [0.5, 0.6) is 0 Å². The van der Waals surface area contributed by atoms with Gasteiger partial charge in [0.15, 0.2) is 0 Å². The van der Waals surface area contributed by atoms with Crippen LogP contribution in [0.3, 0.4) is 0 Å². The van der Waals surface area contributed by atoms with Crippen LogP contribution >= 0.6 is 27.7 Å². The lowest BCUT2D eigenvalue weighted by Crippen LogP contribution is -2.01. The Labute approximate surface area is 109 Å². The molecule has 0 bridgehead atoms. The van der Waals surface area contributed by atoms with Crippen molar-refractivity contribution in [1.29, 1.82) is 0 Å². The molecule has 4 heteroatoms. The maximum absolute atomic E-state index is 11.0. The molecule has 0 spiro atoms. The van der Waals surface area contributed by atoms with Crippen molar-refractivity contribution in [2.45, 2.75) is 25.2 Å². The standard InChI is InChI=1S/C12H15BrO2S/c1-3-8(2)7-16-11-6-9(13)4-5-10(11)12(14)15/h4-6,8H,3,7H2,1-2H3,(H,14,15). The highest BCUT2D eigenvalue weighted by atomic mass is 79.9. The molecule has 1 unspecified atom stereocenters. The van der Waals surface area contributed by atoms with Gasteiger partial charge >= 0.3 is 5.97 Å². The number of carbonyl (C=O) groups is 1. The largest absolute Gasteiger partial charge is 0.478 e. The van der Waals surface area contributed by atoms with E-state index in [2.05, 4.69) is 29.8 Å². The highest BCUT2D eigenvalue weighted by molar-refractivity contribution is 9.10. The number of halogens is 1. The quantitative estimate of drug-likeness (QED) is 0.825. The average Bonchev–Trinajstić information content (AvgIpc) is 2.25. The summed E-state index contributed by atoms with van der Waals surface area (Å²) in [6.45, 7) is 4.32. The summed E-state index contributed by atoms with van der Waals surface area (Å²) in [4.78, 5) is 11.9. The fourth-order valence-corrected chi connectivity index (χ4v) is 2.88. The average molecular weight is 303 g/mol. The van der Waals surface area contributed by atoms with Crippen LogP contribution in [-0.2, 0) is 0 Å². The maximum Gasteiger partial charge on any atom is 0.336 e. The zero-order valence-electron chi connectivity index (χ0n) is 9.37. The Hall–Kier alpha value is -0.480. The van der Waals surface area contributed by atoms with E-state index in [9.17, 15) is 4.79 Å². The van der Waals surface area contributed by atoms with Gasteiger partial charge in [0.25, 0.3) is 0 Å². The Balaban J connectivity index is 2.84. The predicted molar refractivity (Wildman–Crippen MR) is 71.3 cm³/mol. The summed E-state index contributed by atoms with van der Waals surface area (Å²) in [6, 6.07) is 5.28. The number of benzene rings is 1. The molecule has 2 nitrogen and oxygen atoms in total. The fourth-order valence-electron chi connectivity index (χ4n) is 1.14. The summed E-state index contributed by atoms with van der Waals surface area (Å²) in [6.07, 6.45) is 1.11. The fraction of sp³-hybridized carbons (Fsp3) is 0.417. The molecule has 1 rings (SSSR count). The molecule has 0 saturated heterocycles. The summed E-state index contributed by atoms with van der Waals surface area (Å²) in [7, 11) is 0. The first-order chi connectivity index (χ1) is 7.54. The molecule has 0 aliphatic carbocycles. The first kappa shape index (κ1) is 13.6. The predicted octanol–water partition coefficient (Wildman–Crippen LogP) is 4.29. The van der Waals surface area contributed by atoms with E-state index in [1.165, 1.54) is 0 Å². The van der Waals surface area contributed by atoms with E-state index < -0.39 is 5.97 Å². The van der Waals surface area contributed by atoms with E-state index in [-0.39, 0.29) is 0 Å². The molecular formula is C12H15BrO2S. The molecule has 0 fully saturated rings. The SMILES string of the molecule is CCC(C)CSc1cc(Br)ccc1C(=O)O. The van der Waals surface area contributed by atoms with Crippen molar-refractivity contribution in [2.75, 3.05) is 5.75 Å². The number of hydrogen-bond acceptors (Lipinski definition) is 2. The Morgan fingerprint density at radius 3 is 2.81 bits per heavy atom. The number of hydrogen-bond donors (Lipinski definition) is 1. The van der Waals surface area contributed by atoms with Gasteiger partial charge in [0.1, 0.15) is 0 Å². The molecule has 0 radical (unpaired) electrons. The molecule has 16 heavy (non-hydrogen) atoms. The molecule has 1 atom stereocenters. The van der Waals surface area contributed by atoms with Crippen molar-refractivity contribution < 1.29 is 9.90 Å². The van der Waals surface area contributed by atoms with Gasteiger partial charge in [-0.05, 0) is 24.1 Å². The summed E-state index contributed by atoms with van der Waals surface area (Å²) < 4.78 is 0.921. The lowest BCUT2D eigenvalue weighted by atomic mass is 10.2. The number of carboxylic acid groups (broad SMARTS) is 1. The van der Waals surface area contributed by atoms with Gasteiger partial charge in [0, 0.05) is 15.1 Å². The second-order valence-corrected chi connectivity index (χ2v) is 5.75. The zero-order chi connectivity index (χ0) is 12.1. The van der Waals surface area contributed by atoms with Crippen LogP contribution in [0, 0.1) is 5.92 Å². The monoisotopic (exact) mass is 302 g/mol. The molecule has 1 N–H and O–H groups in total. The van der Waals surface area contributed by atoms with Crippen molar-refractivity contribution in [3.8, 4) is 0 Å². The molecule has 0 saturated carbocycles. The summed E-state index contributed by atoms with van der Waals surface area (Å²) >= 11 is 4.97. The third-order valence-corrected chi connectivity index (χ3v) is 4.27. The molecule has 0 aliphatic rings. The van der Waals surface area contributed by atoms with E-state index in [1.807, 2.05) is 6.07 Å². The van der Waals surface area contributed by atoms with E-state index in [0.717, 1.165) is 21.5 Å². The number of carboxylic acids is 1. The van der Waals surface area contributed by atoms with Gasteiger partial charge in [-0.1, -0.05) is 36.2 Å². The molecular weight excluding hydrogens is 288 g/mol. The van der Waals surface area contributed by atoms with E-state index in [0.29, 0.717) is 11.5 Å². The maximum atomic E-state index is 11.0. The van der Waals surface area contributed by atoms with Crippen LogP contribution in [0.25, 0.3) is 0 Å². The molecule has 88 valence electrons. The third kappa shape index (κ3) is 3.83. The van der Waals surface area contributed by atoms with Gasteiger partial charge < -0.3 is 5.11 Å². The highest BCUT2D eigenvalue weighted by Gasteiger charge is 2.11. The van der Waals surface area contributed by atoms with Crippen LogP contribution in [0.4, 0.5) is 0 Å². The smallest absolute Gasteiger partial charge is 0.336 e. The van der Waals surface area contributed by atoms with Gasteiger partial charge in [0.2, 0.25) is 0 Å². The van der Waals surface area contributed by atoms with Crippen molar-refractivity contribution in [3.63, 3.8) is 0 Å². The Morgan fingerprint density at radius 2 is 2.25 bits per heavy atom. The van der Waals surface area contributed by atoms with E-state index >= 15 is 0 Å². The van der Waals surface area contributed by atoms with E-state index in [1.54, 1.807) is 23.9 Å². The van der Waals surface area contributed by atoms with Gasteiger partial charge in [-0.25, -0.2) is 4.79 Å². The third-order valence-electron chi connectivity index (χ3n) is 2.39. The normalized spacial score (nSPS) is 12.4. The van der Waals surface area contributed by atoms with Gasteiger partial charge in [-0.3, -0.25) is 0 Å². The van der Waals surface area contributed by atoms with Crippen molar-refractivity contribution in [2.24, 2.45) is 5.92 Å². The summed E-state index contributed by atoms with van der Waals surface area (Å²) in [5, 5.41) is 9.05. The van der Waals surface area contributed by atoms with Crippen molar-refractivity contribution in [3.05, 3.63) is 28.2 Å². The van der Waals surface area contributed by atoms with Gasteiger partial charge in [-0.15, -0.1) is 11.8 Å². The summed E-state index contributed by atoms with van der Waals surface area (Å²) in [5.41, 5.74) is 0.386. The van der Waals surface area contributed by atoms with Crippen LogP contribution in [0.2, 0.25) is 0 Å². The molecule has 0 heterocycles. The zero-order valence-corrected chi connectivity index (χ0v) is 11.8. The minimum Gasteiger partial charge on any atom is -0.478 e. The Bertz CT molecular complexity index is 379. The number of aromatic carboxylic acids is 1. The Morgan fingerprint density at radius 1 is 1.56 bits per heavy atom. The van der Waals surface area contributed by atoms with Crippen LogP contribution in [0.1, 0.15) is 30.6 Å². The minimum atomic E-state index is -0.862. The second kappa shape index (κ2) is 6.30. The Kier molecular flexibility index (Phi) is 5.35. The van der Waals surface area contributed by atoms with E-state index in [4.69, 9.17) is 5.11 Å². The first-order valence-electron chi connectivity index (χ1n) is 5.20. The number of rotatable bonds is 5. The number of thioether (sulfide) groups is 1. The second-order valence-electron chi connectivity index (χ2n) is 3.77. The highest BCUT2D eigenvalue weighted by Crippen LogP contribution is 2.28. The van der Waals surface area contributed by atoms with Crippen molar-refractivity contribution in [1.82, 2.24) is 0 Å². The first-order valence-corrected chi connectivity index (χ1v) is 6.98. The van der Waals surface area contributed by atoms with Crippen LogP contribution in [0.15, 0.2) is 27.6 Å². The molecule has 0 aliphatic heterocycles.